The monoisotopic (exact) mass is 244 g/mol. The van der Waals surface area contributed by atoms with Crippen LogP contribution in [0.1, 0.15) is 42.9 Å². The van der Waals surface area contributed by atoms with E-state index in [-0.39, 0.29) is 18.4 Å². The highest BCUT2D eigenvalue weighted by Gasteiger charge is 2.31. The lowest BCUT2D eigenvalue weighted by Crippen LogP contribution is -2.16. The average molecular weight is 245 g/mol. The van der Waals surface area contributed by atoms with Crippen molar-refractivity contribution in [3.8, 4) is 0 Å². The van der Waals surface area contributed by atoms with Gasteiger partial charge in [-0.3, -0.25) is 5.10 Å². The van der Waals surface area contributed by atoms with E-state index in [1.54, 1.807) is 7.11 Å². The first kappa shape index (κ1) is 11.8. The van der Waals surface area contributed by atoms with Gasteiger partial charge < -0.3 is 10.1 Å². The van der Waals surface area contributed by atoms with Crippen molar-refractivity contribution in [2.24, 2.45) is 0 Å². The largest absolute Gasteiger partial charge is 0.380 e. The van der Waals surface area contributed by atoms with Gasteiger partial charge in [0.1, 0.15) is 5.82 Å². The Morgan fingerprint density at radius 3 is 2.81 bits per heavy atom. The summed E-state index contributed by atoms with van der Waals surface area (Å²) in [5, 5.41) is 10.7. The smallest absolute Gasteiger partial charge is 0.153 e. The molecule has 1 saturated carbocycles. The minimum Gasteiger partial charge on any atom is -0.380 e. The predicted octanol–water partition coefficient (Wildman–Crippen LogP) is 1.15. The molecule has 1 aromatic heterocycles. The molecule has 90 valence electrons. The molecule has 2 N–H and O–H groups in total. The summed E-state index contributed by atoms with van der Waals surface area (Å²) in [5.74, 6) is 2.58. The van der Waals surface area contributed by atoms with Crippen molar-refractivity contribution in [1.82, 2.24) is 20.5 Å². The van der Waals surface area contributed by atoms with E-state index in [4.69, 9.17) is 4.74 Å². The number of nitrogens with zero attached hydrogens (tertiary/aromatic N) is 2. The number of ether oxygens (including phenoxy) is 1. The summed E-state index contributed by atoms with van der Waals surface area (Å²) >= 11 is 0. The van der Waals surface area contributed by atoms with Gasteiger partial charge in [0.2, 0.25) is 0 Å². The van der Waals surface area contributed by atoms with Crippen LogP contribution in [0.15, 0.2) is 0 Å². The van der Waals surface area contributed by atoms with Crippen molar-refractivity contribution in [2.75, 3.05) is 13.7 Å². The number of aromatic amines is 1. The van der Waals surface area contributed by atoms with Gasteiger partial charge >= 0.3 is 0 Å². The van der Waals surface area contributed by atoms with E-state index in [1.165, 1.54) is 12.8 Å². The van der Waals surface area contributed by atoms with Crippen LogP contribution in [0.3, 0.4) is 0 Å². The van der Waals surface area contributed by atoms with Gasteiger partial charge in [0, 0.05) is 19.6 Å². The molecule has 1 aliphatic carbocycles. The lowest BCUT2D eigenvalue weighted by atomic mass is 10.2. The van der Waals surface area contributed by atoms with Gasteiger partial charge in [-0.25, -0.2) is 4.98 Å². The topological polar surface area (TPSA) is 62.8 Å². The number of aromatic nitrogens is 3. The number of rotatable bonds is 3. The molecule has 2 aliphatic rings. The quantitative estimate of drug-likeness (QED) is 0.838. The highest BCUT2D eigenvalue weighted by Crippen LogP contribution is 2.38. The van der Waals surface area contributed by atoms with Gasteiger partial charge in [-0.1, -0.05) is 0 Å². The zero-order valence-electron chi connectivity index (χ0n) is 9.27. The Balaban J connectivity index is 0.000000963. The summed E-state index contributed by atoms with van der Waals surface area (Å²) in [7, 11) is 1.75. The van der Waals surface area contributed by atoms with Gasteiger partial charge in [0.15, 0.2) is 5.82 Å². The maximum Gasteiger partial charge on any atom is 0.153 e. The Morgan fingerprint density at radius 1 is 1.38 bits per heavy atom. The fourth-order valence-electron chi connectivity index (χ4n) is 2.06. The second-order valence-electron chi connectivity index (χ2n) is 4.41. The molecule has 16 heavy (non-hydrogen) atoms. The van der Waals surface area contributed by atoms with E-state index < -0.39 is 0 Å². The Bertz CT molecular complexity index is 352. The van der Waals surface area contributed by atoms with Gasteiger partial charge in [0.05, 0.1) is 12.1 Å². The SMILES string of the molecule is CO[C@H]1CN[C@H](c2nc(C3CC3)n[nH]2)C1.Cl. The van der Waals surface area contributed by atoms with Gasteiger partial charge in [-0.2, -0.15) is 5.10 Å². The third-order valence-electron chi connectivity index (χ3n) is 3.22. The van der Waals surface area contributed by atoms with E-state index in [0.29, 0.717) is 12.0 Å². The number of hydrogen-bond acceptors (Lipinski definition) is 4. The number of nitrogens with one attached hydrogen (secondary N) is 2. The molecule has 0 spiro atoms. The molecular formula is C10H17ClN4O. The van der Waals surface area contributed by atoms with Crippen molar-refractivity contribution in [2.45, 2.75) is 37.3 Å². The highest BCUT2D eigenvalue weighted by atomic mass is 35.5. The van der Waals surface area contributed by atoms with Crippen LogP contribution in [0, 0.1) is 0 Å². The third-order valence-corrected chi connectivity index (χ3v) is 3.22. The van der Waals surface area contributed by atoms with E-state index >= 15 is 0 Å². The standard InChI is InChI=1S/C10H16N4O.ClH/c1-15-7-4-8(11-5-7)10-12-9(13-14-10)6-2-3-6;/h6-8,11H,2-5H2,1H3,(H,12,13,14);1H/t7-,8+;/m1./s1. The molecule has 0 amide bonds. The molecule has 2 heterocycles. The van der Waals surface area contributed by atoms with Crippen LogP contribution in [-0.4, -0.2) is 34.9 Å². The second kappa shape index (κ2) is 4.69. The molecule has 0 aromatic carbocycles. The van der Waals surface area contributed by atoms with Crippen molar-refractivity contribution >= 4 is 12.4 Å². The summed E-state index contributed by atoms with van der Waals surface area (Å²) in [4.78, 5) is 4.54. The lowest BCUT2D eigenvalue weighted by molar-refractivity contribution is 0.117. The number of methoxy groups -OCH3 is 1. The molecule has 2 atom stereocenters. The van der Waals surface area contributed by atoms with E-state index in [1.807, 2.05) is 0 Å². The van der Waals surface area contributed by atoms with Crippen LogP contribution in [0.4, 0.5) is 0 Å². The summed E-state index contributed by atoms with van der Waals surface area (Å²) in [6, 6.07) is 0.287. The van der Waals surface area contributed by atoms with Gasteiger partial charge in [-0.05, 0) is 19.3 Å². The first-order valence-corrected chi connectivity index (χ1v) is 5.55. The third kappa shape index (κ3) is 2.21. The summed E-state index contributed by atoms with van der Waals surface area (Å²) in [5.41, 5.74) is 0. The normalized spacial score (nSPS) is 29.1. The fourth-order valence-corrected chi connectivity index (χ4v) is 2.06. The van der Waals surface area contributed by atoms with Crippen LogP contribution in [-0.2, 0) is 4.74 Å². The molecule has 3 rings (SSSR count). The van der Waals surface area contributed by atoms with Gasteiger partial charge in [-0.15, -0.1) is 12.4 Å². The maximum absolute atomic E-state index is 5.30. The molecule has 6 heteroatoms. The van der Waals surface area contributed by atoms with Crippen molar-refractivity contribution in [1.29, 1.82) is 0 Å². The van der Waals surface area contributed by atoms with Gasteiger partial charge in [0.25, 0.3) is 0 Å². The fraction of sp³-hybridized carbons (Fsp3) is 0.800. The van der Waals surface area contributed by atoms with E-state index in [0.717, 1.165) is 24.6 Å². The van der Waals surface area contributed by atoms with E-state index in [2.05, 4.69) is 20.5 Å². The number of halogens is 1. The molecule has 1 aliphatic heterocycles. The summed E-state index contributed by atoms with van der Waals surface area (Å²) < 4.78 is 5.30. The maximum atomic E-state index is 5.30. The molecule has 0 radical (unpaired) electrons. The Kier molecular flexibility index (Phi) is 3.47. The number of hydrogen-bond donors (Lipinski definition) is 2. The van der Waals surface area contributed by atoms with Crippen LogP contribution in [0.5, 0.6) is 0 Å². The molecule has 5 nitrogen and oxygen atoms in total. The minimum absolute atomic E-state index is 0. The summed E-state index contributed by atoms with van der Waals surface area (Å²) in [6.07, 6.45) is 3.78. The van der Waals surface area contributed by atoms with Crippen molar-refractivity contribution in [3.63, 3.8) is 0 Å². The zero-order valence-corrected chi connectivity index (χ0v) is 10.1. The van der Waals surface area contributed by atoms with Crippen LogP contribution in [0.2, 0.25) is 0 Å². The molecule has 1 aromatic rings. The number of H-pyrrole nitrogens is 1. The molecule has 1 saturated heterocycles. The molecule has 0 bridgehead atoms. The zero-order chi connectivity index (χ0) is 10.3. The van der Waals surface area contributed by atoms with Crippen molar-refractivity contribution < 1.29 is 4.74 Å². The van der Waals surface area contributed by atoms with Crippen molar-refractivity contribution in [3.05, 3.63) is 11.6 Å². The second-order valence-corrected chi connectivity index (χ2v) is 4.41. The van der Waals surface area contributed by atoms with Crippen LogP contribution < -0.4 is 5.32 Å². The molecule has 2 fully saturated rings. The highest BCUT2D eigenvalue weighted by molar-refractivity contribution is 5.85. The molecule has 0 unspecified atom stereocenters. The Hall–Kier alpha value is -0.650. The lowest BCUT2D eigenvalue weighted by Gasteiger charge is -2.05. The van der Waals surface area contributed by atoms with Crippen LogP contribution in [0.25, 0.3) is 0 Å². The average Bonchev–Trinajstić information content (AvgIpc) is 2.84. The summed E-state index contributed by atoms with van der Waals surface area (Å²) in [6.45, 7) is 0.903. The Labute approximate surface area is 101 Å². The van der Waals surface area contributed by atoms with Crippen LogP contribution >= 0.6 is 12.4 Å². The molecular weight excluding hydrogens is 228 g/mol. The predicted molar refractivity (Wildman–Crippen MR) is 61.8 cm³/mol. The minimum atomic E-state index is 0. The Morgan fingerprint density at radius 2 is 2.19 bits per heavy atom. The first-order valence-electron chi connectivity index (χ1n) is 5.55. The first-order chi connectivity index (χ1) is 7.36. The van der Waals surface area contributed by atoms with E-state index in [9.17, 15) is 0 Å².